The molecule has 0 saturated carbocycles. The van der Waals surface area contributed by atoms with E-state index < -0.39 is 0 Å². The molecule has 0 aliphatic rings. The van der Waals surface area contributed by atoms with Gasteiger partial charge in [-0.05, 0) is 30.2 Å². The highest BCUT2D eigenvalue weighted by Crippen LogP contribution is 2.26. The highest BCUT2D eigenvalue weighted by atomic mass is 16.5. The summed E-state index contributed by atoms with van der Waals surface area (Å²) in [5, 5.41) is 8.92. The first-order chi connectivity index (χ1) is 14.6. The van der Waals surface area contributed by atoms with E-state index in [1.54, 1.807) is 13.3 Å². The molecule has 1 amide bonds. The third kappa shape index (κ3) is 3.66. The normalized spacial score (nSPS) is 11.1. The van der Waals surface area contributed by atoms with Gasteiger partial charge < -0.3 is 14.6 Å². The van der Waals surface area contributed by atoms with E-state index in [1.165, 1.54) is 4.68 Å². The molecule has 0 unspecified atom stereocenters. The number of carbonyl (C=O) groups is 1. The number of methoxy groups -OCH3 is 1. The SMILES string of the molecule is CCCn1c2ccccc2c2cnn(CC(=O)NCc3cccc(OC)c3)c(=O)c21. The van der Waals surface area contributed by atoms with E-state index in [-0.39, 0.29) is 18.0 Å². The summed E-state index contributed by atoms with van der Waals surface area (Å²) >= 11 is 0. The van der Waals surface area contributed by atoms with Gasteiger partial charge in [0.05, 0.1) is 13.3 Å². The molecule has 1 N–H and O–H groups in total. The molecule has 2 aromatic heterocycles. The van der Waals surface area contributed by atoms with Crippen molar-refractivity contribution in [1.29, 1.82) is 0 Å². The molecule has 30 heavy (non-hydrogen) atoms. The zero-order valence-electron chi connectivity index (χ0n) is 17.1. The fourth-order valence-electron chi connectivity index (χ4n) is 3.74. The Bertz CT molecular complexity index is 1270. The summed E-state index contributed by atoms with van der Waals surface area (Å²) < 4.78 is 8.46. The highest BCUT2D eigenvalue weighted by molar-refractivity contribution is 6.07. The second-order valence-corrected chi connectivity index (χ2v) is 7.17. The molecule has 2 heterocycles. The maximum Gasteiger partial charge on any atom is 0.291 e. The van der Waals surface area contributed by atoms with Gasteiger partial charge in [0.15, 0.2) is 0 Å². The quantitative estimate of drug-likeness (QED) is 0.513. The van der Waals surface area contributed by atoms with Gasteiger partial charge in [0.2, 0.25) is 5.91 Å². The predicted octanol–water partition coefficient (Wildman–Crippen LogP) is 3.09. The first kappa shape index (κ1) is 19.7. The van der Waals surface area contributed by atoms with Gasteiger partial charge in [0, 0.05) is 29.4 Å². The Morgan fingerprint density at radius 3 is 2.77 bits per heavy atom. The lowest BCUT2D eigenvalue weighted by atomic mass is 10.2. The van der Waals surface area contributed by atoms with Crippen molar-refractivity contribution in [2.45, 2.75) is 33.0 Å². The Labute approximate surface area is 173 Å². The summed E-state index contributed by atoms with van der Waals surface area (Å²) in [5.41, 5.74) is 2.26. The van der Waals surface area contributed by atoms with Crippen molar-refractivity contribution in [1.82, 2.24) is 19.7 Å². The molecule has 7 nitrogen and oxygen atoms in total. The Morgan fingerprint density at radius 1 is 1.13 bits per heavy atom. The number of hydrogen-bond donors (Lipinski definition) is 1. The Morgan fingerprint density at radius 2 is 1.97 bits per heavy atom. The molecule has 0 atom stereocenters. The standard InChI is InChI=1S/C23H24N4O3/c1-3-11-26-20-10-5-4-9-18(20)19-14-25-27(23(29)22(19)26)15-21(28)24-13-16-7-6-8-17(12-16)30-2/h4-10,12,14H,3,11,13,15H2,1-2H3,(H,24,28). The Hall–Kier alpha value is -3.61. The molecule has 0 saturated heterocycles. The lowest BCUT2D eigenvalue weighted by Gasteiger charge is -2.09. The molecule has 0 radical (unpaired) electrons. The van der Waals surface area contributed by atoms with Crippen LogP contribution in [-0.2, 0) is 24.4 Å². The number of aromatic nitrogens is 3. The summed E-state index contributed by atoms with van der Waals surface area (Å²) in [5.74, 6) is 0.457. The average Bonchev–Trinajstić information content (AvgIpc) is 3.09. The van der Waals surface area contributed by atoms with E-state index in [2.05, 4.69) is 17.3 Å². The van der Waals surface area contributed by atoms with Crippen LogP contribution in [0, 0.1) is 0 Å². The zero-order valence-corrected chi connectivity index (χ0v) is 17.1. The molecular weight excluding hydrogens is 380 g/mol. The van der Waals surface area contributed by atoms with Gasteiger partial charge in [-0.25, -0.2) is 4.68 Å². The van der Waals surface area contributed by atoms with Gasteiger partial charge in [-0.3, -0.25) is 9.59 Å². The van der Waals surface area contributed by atoms with Crippen molar-refractivity contribution in [3.8, 4) is 5.75 Å². The van der Waals surface area contributed by atoms with E-state index in [0.29, 0.717) is 12.1 Å². The first-order valence-electron chi connectivity index (χ1n) is 9.99. The Kier molecular flexibility index (Phi) is 5.52. The maximum absolute atomic E-state index is 13.2. The lowest BCUT2D eigenvalue weighted by molar-refractivity contribution is -0.122. The number of para-hydroxylation sites is 1. The van der Waals surface area contributed by atoms with Gasteiger partial charge in [0.25, 0.3) is 5.56 Å². The number of ether oxygens (including phenoxy) is 1. The summed E-state index contributed by atoms with van der Waals surface area (Å²) in [6, 6.07) is 15.4. The number of carbonyl (C=O) groups excluding carboxylic acids is 1. The minimum absolute atomic E-state index is 0.133. The molecule has 0 aliphatic heterocycles. The van der Waals surface area contributed by atoms with Crippen molar-refractivity contribution in [2.24, 2.45) is 0 Å². The van der Waals surface area contributed by atoms with E-state index in [1.807, 2.05) is 53.1 Å². The minimum atomic E-state index is -0.273. The van der Waals surface area contributed by atoms with E-state index in [0.717, 1.165) is 40.6 Å². The largest absolute Gasteiger partial charge is 0.497 e. The molecule has 0 fully saturated rings. The van der Waals surface area contributed by atoms with Crippen LogP contribution in [0.5, 0.6) is 5.75 Å². The monoisotopic (exact) mass is 404 g/mol. The summed E-state index contributed by atoms with van der Waals surface area (Å²) in [7, 11) is 1.60. The summed E-state index contributed by atoms with van der Waals surface area (Å²) in [6.45, 7) is 3.02. The number of fused-ring (bicyclic) bond motifs is 3. The fourth-order valence-corrected chi connectivity index (χ4v) is 3.74. The molecule has 2 aromatic carbocycles. The minimum Gasteiger partial charge on any atom is -0.497 e. The third-order valence-electron chi connectivity index (χ3n) is 5.14. The number of amides is 1. The number of benzene rings is 2. The molecular formula is C23H24N4O3. The van der Waals surface area contributed by atoms with Crippen molar-refractivity contribution in [3.05, 3.63) is 70.6 Å². The van der Waals surface area contributed by atoms with E-state index >= 15 is 0 Å². The number of nitrogens with zero attached hydrogens (tertiary/aromatic N) is 3. The van der Waals surface area contributed by atoms with Crippen molar-refractivity contribution >= 4 is 27.7 Å². The van der Waals surface area contributed by atoms with Crippen LogP contribution in [0.3, 0.4) is 0 Å². The lowest BCUT2D eigenvalue weighted by Crippen LogP contribution is -2.33. The summed E-state index contributed by atoms with van der Waals surface area (Å²) in [6.07, 6.45) is 2.58. The highest BCUT2D eigenvalue weighted by Gasteiger charge is 2.16. The van der Waals surface area contributed by atoms with Gasteiger partial charge in [0.1, 0.15) is 17.8 Å². The molecule has 0 bridgehead atoms. The summed E-state index contributed by atoms with van der Waals surface area (Å²) in [4.78, 5) is 25.6. The van der Waals surface area contributed by atoms with Crippen LogP contribution in [0.25, 0.3) is 21.8 Å². The topological polar surface area (TPSA) is 78.2 Å². The van der Waals surface area contributed by atoms with Crippen molar-refractivity contribution < 1.29 is 9.53 Å². The molecule has 154 valence electrons. The molecule has 4 rings (SSSR count). The number of aryl methyl sites for hydroxylation is 1. The molecule has 4 aromatic rings. The Balaban J connectivity index is 1.60. The van der Waals surface area contributed by atoms with Gasteiger partial charge >= 0.3 is 0 Å². The van der Waals surface area contributed by atoms with Crippen LogP contribution < -0.4 is 15.6 Å². The second-order valence-electron chi connectivity index (χ2n) is 7.17. The van der Waals surface area contributed by atoms with Crippen LogP contribution in [-0.4, -0.2) is 27.4 Å². The second kappa shape index (κ2) is 8.41. The average molecular weight is 404 g/mol. The first-order valence-corrected chi connectivity index (χ1v) is 9.99. The molecule has 0 spiro atoms. The zero-order chi connectivity index (χ0) is 21.1. The van der Waals surface area contributed by atoms with E-state index in [4.69, 9.17) is 4.74 Å². The van der Waals surface area contributed by atoms with Crippen LogP contribution in [0.15, 0.2) is 59.5 Å². The number of nitrogens with one attached hydrogen (secondary N) is 1. The smallest absolute Gasteiger partial charge is 0.291 e. The van der Waals surface area contributed by atoms with E-state index in [9.17, 15) is 9.59 Å². The van der Waals surface area contributed by atoms with Gasteiger partial charge in [-0.2, -0.15) is 5.10 Å². The van der Waals surface area contributed by atoms with Gasteiger partial charge in [-0.1, -0.05) is 37.3 Å². The fraction of sp³-hybridized carbons (Fsp3) is 0.261. The van der Waals surface area contributed by atoms with Crippen molar-refractivity contribution in [3.63, 3.8) is 0 Å². The number of hydrogen-bond acceptors (Lipinski definition) is 4. The number of rotatable bonds is 7. The third-order valence-corrected chi connectivity index (χ3v) is 5.14. The molecule has 0 aliphatic carbocycles. The van der Waals surface area contributed by atoms with Crippen LogP contribution >= 0.6 is 0 Å². The maximum atomic E-state index is 13.2. The molecule has 7 heteroatoms. The van der Waals surface area contributed by atoms with Crippen LogP contribution in [0.1, 0.15) is 18.9 Å². The van der Waals surface area contributed by atoms with Gasteiger partial charge in [-0.15, -0.1) is 0 Å². The predicted molar refractivity (Wildman–Crippen MR) is 117 cm³/mol. The van der Waals surface area contributed by atoms with Crippen LogP contribution in [0.4, 0.5) is 0 Å². The van der Waals surface area contributed by atoms with Crippen LogP contribution in [0.2, 0.25) is 0 Å². The van der Waals surface area contributed by atoms with Crippen molar-refractivity contribution in [2.75, 3.05) is 7.11 Å².